The minimum Gasteiger partial charge on any atom is -0.488 e. The maximum absolute atomic E-state index is 11.2. The normalized spacial score (nSPS) is 17.1. The summed E-state index contributed by atoms with van der Waals surface area (Å²) in [5.41, 5.74) is 2.05. The number of primary sulfonamides is 1. The third-order valence-electron chi connectivity index (χ3n) is 3.43. The van der Waals surface area contributed by atoms with Crippen LogP contribution in [0.25, 0.3) is 0 Å². The first-order chi connectivity index (χ1) is 10.0. The first kappa shape index (κ1) is 13.9. The third kappa shape index (κ3) is 3.17. The quantitative estimate of drug-likeness (QED) is 0.901. The van der Waals surface area contributed by atoms with Crippen LogP contribution < -0.4 is 15.2 Å². The number of fused-ring (bicyclic) bond motifs is 1. The zero-order chi connectivity index (χ0) is 14.9. The van der Waals surface area contributed by atoms with Crippen LogP contribution in [0.5, 0.6) is 5.75 Å². The van der Waals surface area contributed by atoms with Gasteiger partial charge in [-0.25, -0.2) is 13.6 Å². The Labute approximate surface area is 123 Å². The first-order valence-electron chi connectivity index (χ1n) is 6.64. The molecule has 1 unspecified atom stereocenters. The highest BCUT2D eigenvalue weighted by molar-refractivity contribution is 7.89. The lowest BCUT2D eigenvalue weighted by atomic mass is 10.1. The highest BCUT2D eigenvalue weighted by Crippen LogP contribution is 2.28. The molecule has 1 aliphatic heterocycles. The number of para-hydroxylation sites is 1. The van der Waals surface area contributed by atoms with Crippen molar-refractivity contribution in [1.82, 2.24) is 0 Å². The number of benzene rings is 2. The Bertz CT molecular complexity index is 717. The van der Waals surface area contributed by atoms with Crippen molar-refractivity contribution in [1.29, 1.82) is 0 Å². The van der Waals surface area contributed by atoms with Crippen molar-refractivity contribution in [2.75, 3.05) is 11.9 Å². The minimum absolute atomic E-state index is 0.0836. The van der Waals surface area contributed by atoms with Gasteiger partial charge in [0.1, 0.15) is 11.9 Å². The molecule has 3 N–H and O–H groups in total. The SMILES string of the molecule is NS(=O)(=O)c1ccc(NCC2Cc3ccccc3O2)cc1. The van der Waals surface area contributed by atoms with Crippen molar-refractivity contribution in [2.24, 2.45) is 5.14 Å². The van der Waals surface area contributed by atoms with Crippen LogP contribution in [0.1, 0.15) is 5.56 Å². The summed E-state index contributed by atoms with van der Waals surface area (Å²) in [5.74, 6) is 0.939. The summed E-state index contributed by atoms with van der Waals surface area (Å²) in [5, 5.41) is 8.30. The molecular formula is C15H16N2O3S. The Morgan fingerprint density at radius 1 is 1.14 bits per heavy atom. The van der Waals surface area contributed by atoms with Crippen LogP contribution in [-0.2, 0) is 16.4 Å². The third-order valence-corrected chi connectivity index (χ3v) is 4.36. The van der Waals surface area contributed by atoms with Crippen molar-refractivity contribution >= 4 is 15.7 Å². The van der Waals surface area contributed by atoms with E-state index in [0.717, 1.165) is 17.9 Å². The van der Waals surface area contributed by atoms with E-state index in [0.29, 0.717) is 6.54 Å². The van der Waals surface area contributed by atoms with Gasteiger partial charge in [-0.05, 0) is 35.9 Å². The summed E-state index contributed by atoms with van der Waals surface area (Å²) < 4.78 is 28.2. The molecule has 1 aliphatic rings. The van der Waals surface area contributed by atoms with Gasteiger partial charge in [-0.1, -0.05) is 18.2 Å². The maximum Gasteiger partial charge on any atom is 0.238 e. The summed E-state index contributed by atoms with van der Waals surface area (Å²) >= 11 is 0. The van der Waals surface area contributed by atoms with Gasteiger partial charge < -0.3 is 10.1 Å². The molecule has 0 radical (unpaired) electrons. The summed E-state index contributed by atoms with van der Waals surface area (Å²) in [6.45, 7) is 0.656. The molecule has 0 aliphatic carbocycles. The molecule has 1 heterocycles. The number of sulfonamides is 1. The molecule has 0 saturated heterocycles. The van der Waals surface area contributed by atoms with Crippen LogP contribution in [0.3, 0.4) is 0 Å². The lowest BCUT2D eigenvalue weighted by Crippen LogP contribution is -2.24. The van der Waals surface area contributed by atoms with Gasteiger partial charge in [-0.3, -0.25) is 0 Å². The molecule has 0 fully saturated rings. The lowest BCUT2D eigenvalue weighted by molar-refractivity contribution is 0.246. The van der Waals surface area contributed by atoms with E-state index in [1.165, 1.54) is 17.7 Å². The number of rotatable bonds is 4. The van der Waals surface area contributed by atoms with E-state index in [-0.39, 0.29) is 11.0 Å². The van der Waals surface area contributed by atoms with E-state index < -0.39 is 10.0 Å². The van der Waals surface area contributed by atoms with Crippen LogP contribution >= 0.6 is 0 Å². The Morgan fingerprint density at radius 2 is 1.86 bits per heavy atom. The van der Waals surface area contributed by atoms with Crippen molar-refractivity contribution in [3.63, 3.8) is 0 Å². The van der Waals surface area contributed by atoms with E-state index in [1.54, 1.807) is 12.1 Å². The van der Waals surface area contributed by atoms with E-state index in [2.05, 4.69) is 11.4 Å². The summed E-state index contributed by atoms with van der Waals surface area (Å²) in [4.78, 5) is 0.109. The average Bonchev–Trinajstić information content (AvgIpc) is 2.87. The van der Waals surface area contributed by atoms with Gasteiger partial charge in [0.2, 0.25) is 10.0 Å². The molecule has 21 heavy (non-hydrogen) atoms. The predicted molar refractivity (Wildman–Crippen MR) is 80.9 cm³/mol. The van der Waals surface area contributed by atoms with Crippen LogP contribution in [0, 0.1) is 0 Å². The van der Waals surface area contributed by atoms with E-state index in [4.69, 9.17) is 9.88 Å². The fourth-order valence-electron chi connectivity index (χ4n) is 2.36. The molecule has 3 rings (SSSR count). The van der Waals surface area contributed by atoms with Crippen LogP contribution in [0.2, 0.25) is 0 Å². The Kier molecular flexibility index (Phi) is 3.57. The largest absolute Gasteiger partial charge is 0.488 e. The molecule has 2 aromatic carbocycles. The zero-order valence-electron chi connectivity index (χ0n) is 11.3. The van der Waals surface area contributed by atoms with Crippen molar-refractivity contribution in [3.05, 3.63) is 54.1 Å². The van der Waals surface area contributed by atoms with Gasteiger partial charge in [0, 0.05) is 12.1 Å². The fraction of sp³-hybridized carbons (Fsp3) is 0.200. The minimum atomic E-state index is -3.64. The lowest BCUT2D eigenvalue weighted by Gasteiger charge is -2.13. The van der Waals surface area contributed by atoms with Gasteiger partial charge in [-0.2, -0.15) is 0 Å². The number of hydrogen-bond acceptors (Lipinski definition) is 4. The standard InChI is InChI=1S/C15H16N2O3S/c16-21(18,19)14-7-5-12(6-8-14)17-10-13-9-11-3-1-2-4-15(11)20-13/h1-8,13,17H,9-10H2,(H2,16,18,19). The second kappa shape index (κ2) is 5.38. The second-order valence-electron chi connectivity index (χ2n) is 5.00. The van der Waals surface area contributed by atoms with Crippen molar-refractivity contribution in [3.8, 4) is 5.75 Å². The molecule has 0 saturated carbocycles. The molecule has 2 aromatic rings. The second-order valence-corrected chi connectivity index (χ2v) is 6.56. The van der Waals surface area contributed by atoms with Gasteiger partial charge in [-0.15, -0.1) is 0 Å². The van der Waals surface area contributed by atoms with E-state index in [9.17, 15) is 8.42 Å². The van der Waals surface area contributed by atoms with Crippen molar-refractivity contribution < 1.29 is 13.2 Å². The van der Waals surface area contributed by atoms with Crippen LogP contribution in [0.4, 0.5) is 5.69 Å². The molecule has 0 spiro atoms. The number of nitrogens with one attached hydrogen (secondary N) is 1. The molecule has 0 bridgehead atoms. The number of ether oxygens (including phenoxy) is 1. The topological polar surface area (TPSA) is 81.4 Å². The van der Waals surface area contributed by atoms with Gasteiger partial charge in [0.25, 0.3) is 0 Å². The maximum atomic E-state index is 11.2. The smallest absolute Gasteiger partial charge is 0.238 e. The van der Waals surface area contributed by atoms with Crippen molar-refractivity contribution in [2.45, 2.75) is 17.4 Å². The monoisotopic (exact) mass is 304 g/mol. The highest BCUT2D eigenvalue weighted by atomic mass is 32.2. The molecular weight excluding hydrogens is 288 g/mol. The van der Waals surface area contributed by atoms with Crippen LogP contribution in [-0.4, -0.2) is 21.1 Å². The molecule has 0 amide bonds. The summed E-state index contributed by atoms with van der Waals surface area (Å²) in [6, 6.07) is 14.4. The van der Waals surface area contributed by atoms with E-state index in [1.807, 2.05) is 18.2 Å². The van der Waals surface area contributed by atoms with Gasteiger partial charge >= 0.3 is 0 Å². The fourth-order valence-corrected chi connectivity index (χ4v) is 2.88. The predicted octanol–water partition coefficient (Wildman–Crippen LogP) is 1.75. The summed E-state index contributed by atoms with van der Waals surface area (Å²) in [7, 11) is -3.64. The zero-order valence-corrected chi connectivity index (χ0v) is 12.1. The Morgan fingerprint density at radius 3 is 2.52 bits per heavy atom. The van der Waals surface area contributed by atoms with E-state index >= 15 is 0 Å². The Balaban J connectivity index is 1.60. The van der Waals surface area contributed by atoms with Gasteiger partial charge in [0.05, 0.1) is 11.4 Å². The molecule has 0 aromatic heterocycles. The molecule has 5 nitrogen and oxygen atoms in total. The Hall–Kier alpha value is -2.05. The van der Waals surface area contributed by atoms with Gasteiger partial charge in [0.15, 0.2) is 0 Å². The molecule has 6 heteroatoms. The molecule has 110 valence electrons. The molecule has 1 atom stereocenters. The number of anilines is 1. The van der Waals surface area contributed by atoms with Crippen LogP contribution in [0.15, 0.2) is 53.4 Å². The first-order valence-corrected chi connectivity index (χ1v) is 8.18. The highest BCUT2D eigenvalue weighted by Gasteiger charge is 2.21. The number of hydrogen-bond donors (Lipinski definition) is 2. The average molecular weight is 304 g/mol. The number of nitrogens with two attached hydrogens (primary N) is 1. The summed E-state index contributed by atoms with van der Waals surface area (Å²) in [6.07, 6.45) is 0.957.